The molecule has 1 aliphatic carbocycles. The van der Waals surface area contributed by atoms with Gasteiger partial charge in [-0.2, -0.15) is 0 Å². The van der Waals surface area contributed by atoms with Crippen LogP contribution in [0.25, 0.3) is 0 Å². The molecule has 1 aromatic rings. The zero-order valence-corrected chi connectivity index (χ0v) is 11.4. The summed E-state index contributed by atoms with van der Waals surface area (Å²) in [5, 5.41) is 11.6. The number of aliphatic carboxylic acids is 1. The van der Waals surface area contributed by atoms with E-state index in [1.54, 1.807) is 0 Å². The Morgan fingerprint density at radius 3 is 2.55 bits per heavy atom. The van der Waals surface area contributed by atoms with Gasteiger partial charge in [-0.15, -0.1) is 0 Å². The number of hydrogen-bond acceptors (Lipinski definition) is 3. The van der Waals surface area contributed by atoms with E-state index in [4.69, 9.17) is 5.11 Å². The SMILES string of the molecule is O=C(O)CCN(CC(=O)NCc1ccccc1)C1CC1. The molecule has 2 rings (SSSR count). The van der Waals surface area contributed by atoms with E-state index in [-0.39, 0.29) is 18.9 Å². The average Bonchev–Trinajstić information content (AvgIpc) is 3.26. The van der Waals surface area contributed by atoms with Crippen molar-refractivity contribution < 1.29 is 14.7 Å². The largest absolute Gasteiger partial charge is 0.481 e. The molecular formula is C15H20N2O3. The number of nitrogens with one attached hydrogen (secondary N) is 1. The lowest BCUT2D eigenvalue weighted by Crippen LogP contribution is -2.39. The number of amides is 1. The average molecular weight is 276 g/mol. The summed E-state index contributed by atoms with van der Waals surface area (Å²) in [4.78, 5) is 24.5. The van der Waals surface area contributed by atoms with Crippen molar-refractivity contribution in [3.8, 4) is 0 Å². The first-order chi connectivity index (χ1) is 9.65. The van der Waals surface area contributed by atoms with E-state index in [9.17, 15) is 9.59 Å². The molecule has 0 spiro atoms. The third kappa shape index (κ3) is 5.01. The fraction of sp³-hybridized carbons (Fsp3) is 0.467. The number of benzene rings is 1. The van der Waals surface area contributed by atoms with Gasteiger partial charge >= 0.3 is 5.97 Å². The Kier molecular flexibility index (Phi) is 5.12. The van der Waals surface area contributed by atoms with Crippen molar-refractivity contribution in [3.63, 3.8) is 0 Å². The molecule has 0 saturated heterocycles. The number of carboxylic acids is 1. The maximum absolute atomic E-state index is 11.9. The highest BCUT2D eigenvalue weighted by atomic mass is 16.4. The van der Waals surface area contributed by atoms with Crippen LogP contribution in [0.2, 0.25) is 0 Å². The van der Waals surface area contributed by atoms with Crippen molar-refractivity contribution in [1.82, 2.24) is 10.2 Å². The van der Waals surface area contributed by atoms with Gasteiger partial charge in [0.25, 0.3) is 0 Å². The van der Waals surface area contributed by atoms with Crippen molar-refractivity contribution in [2.75, 3.05) is 13.1 Å². The predicted octanol–water partition coefficient (Wildman–Crippen LogP) is 1.24. The Hall–Kier alpha value is -1.88. The van der Waals surface area contributed by atoms with Crippen LogP contribution in [0.5, 0.6) is 0 Å². The smallest absolute Gasteiger partial charge is 0.304 e. The Morgan fingerprint density at radius 2 is 1.95 bits per heavy atom. The number of carbonyl (C=O) groups is 2. The molecule has 108 valence electrons. The van der Waals surface area contributed by atoms with Crippen molar-refractivity contribution in [1.29, 1.82) is 0 Å². The van der Waals surface area contributed by atoms with Gasteiger partial charge < -0.3 is 10.4 Å². The lowest BCUT2D eigenvalue weighted by atomic mass is 10.2. The van der Waals surface area contributed by atoms with Gasteiger partial charge in [-0.25, -0.2) is 0 Å². The first kappa shape index (κ1) is 14.5. The molecule has 1 aromatic carbocycles. The van der Waals surface area contributed by atoms with Crippen LogP contribution >= 0.6 is 0 Å². The second-order valence-corrected chi connectivity index (χ2v) is 5.11. The standard InChI is InChI=1S/C15H20N2O3/c18-14(16-10-12-4-2-1-3-5-12)11-17(13-6-7-13)9-8-15(19)20/h1-5,13H,6-11H2,(H,16,18)(H,19,20). The lowest BCUT2D eigenvalue weighted by molar-refractivity contribution is -0.137. The normalized spacial score (nSPS) is 14.2. The molecule has 0 heterocycles. The van der Waals surface area contributed by atoms with Crippen LogP contribution < -0.4 is 5.32 Å². The van der Waals surface area contributed by atoms with Crippen LogP contribution in [0.4, 0.5) is 0 Å². The minimum atomic E-state index is -0.819. The molecule has 0 radical (unpaired) electrons. The van der Waals surface area contributed by atoms with Gasteiger partial charge in [0.1, 0.15) is 0 Å². The summed E-state index contributed by atoms with van der Waals surface area (Å²) in [6, 6.07) is 10.1. The Balaban J connectivity index is 1.75. The van der Waals surface area contributed by atoms with Crippen molar-refractivity contribution in [2.45, 2.75) is 31.8 Å². The Labute approximate surface area is 118 Å². The van der Waals surface area contributed by atoms with Gasteiger partial charge in [-0.05, 0) is 18.4 Å². The number of hydrogen-bond donors (Lipinski definition) is 2. The van der Waals surface area contributed by atoms with E-state index < -0.39 is 5.97 Å². The summed E-state index contributed by atoms with van der Waals surface area (Å²) in [6.07, 6.45) is 2.21. The molecule has 0 atom stereocenters. The highest BCUT2D eigenvalue weighted by Gasteiger charge is 2.30. The summed E-state index contributed by atoms with van der Waals surface area (Å²) < 4.78 is 0. The zero-order chi connectivity index (χ0) is 14.4. The maximum Gasteiger partial charge on any atom is 0.304 e. The fourth-order valence-electron chi connectivity index (χ4n) is 2.11. The minimum absolute atomic E-state index is 0.0499. The number of nitrogens with zero attached hydrogens (tertiary/aromatic N) is 1. The molecular weight excluding hydrogens is 256 g/mol. The molecule has 20 heavy (non-hydrogen) atoms. The molecule has 1 aliphatic rings. The molecule has 0 aliphatic heterocycles. The van der Waals surface area contributed by atoms with Crippen LogP contribution in [0.1, 0.15) is 24.8 Å². The van der Waals surface area contributed by atoms with Crippen LogP contribution in [-0.4, -0.2) is 41.0 Å². The van der Waals surface area contributed by atoms with Crippen molar-refractivity contribution in [3.05, 3.63) is 35.9 Å². The fourth-order valence-corrected chi connectivity index (χ4v) is 2.11. The topological polar surface area (TPSA) is 69.6 Å². The highest BCUT2D eigenvalue weighted by molar-refractivity contribution is 5.78. The second-order valence-electron chi connectivity index (χ2n) is 5.11. The van der Waals surface area contributed by atoms with Crippen molar-refractivity contribution in [2.24, 2.45) is 0 Å². The number of carboxylic acid groups (broad SMARTS) is 1. The predicted molar refractivity (Wildman–Crippen MR) is 75.1 cm³/mol. The summed E-state index contributed by atoms with van der Waals surface area (Å²) in [5.41, 5.74) is 1.06. The van der Waals surface area contributed by atoms with E-state index in [0.717, 1.165) is 18.4 Å². The van der Waals surface area contributed by atoms with Gasteiger partial charge in [0.05, 0.1) is 13.0 Å². The van der Waals surface area contributed by atoms with Crippen LogP contribution in [-0.2, 0) is 16.1 Å². The Bertz CT molecular complexity index is 457. The third-order valence-electron chi connectivity index (χ3n) is 3.36. The van der Waals surface area contributed by atoms with E-state index in [2.05, 4.69) is 5.32 Å². The first-order valence-electron chi connectivity index (χ1n) is 6.91. The molecule has 2 N–H and O–H groups in total. The lowest BCUT2D eigenvalue weighted by Gasteiger charge is -2.20. The number of carbonyl (C=O) groups excluding carboxylic acids is 1. The summed E-state index contributed by atoms with van der Waals surface area (Å²) in [6.45, 7) is 1.24. The van der Waals surface area contributed by atoms with Crippen LogP contribution in [0.15, 0.2) is 30.3 Å². The van der Waals surface area contributed by atoms with Gasteiger partial charge in [0, 0.05) is 19.1 Å². The molecule has 5 heteroatoms. The van der Waals surface area contributed by atoms with Crippen LogP contribution in [0.3, 0.4) is 0 Å². The third-order valence-corrected chi connectivity index (χ3v) is 3.36. The molecule has 0 bridgehead atoms. The van der Waals surface area contributed by atoms with Gasteiger partial charge in [0.2, 0.25) is 5.91 Å². The van der Waals surface area contributed by atoms with Crippen molar-refractivity contribution >= 4 is 11.9 Å². The summed E-state index contributed by atoms with van der Waals surface area (Å²) in [7, 11) is 0. The van der Waals surface area contributed by atoms with Crippen LogP contribution in [0, 0.1) is 0 Å². The monoisotopic (exact) mass is 276 g/mol. The molecule has 5 nitrogen and oxygen atoms in total. The molecule has 1 amide bonds. The van der Waals surface area contributed by atoms with E-state index in [0.29, 0.717) is 19.1 Å². The quantitative estimate of drug-likeness (QED) is 0.749. The first-order valence-corrected chi connectivity index (χ1v) is 6.91. The zero-order valence-electron chi connectivity index (χ0n) is 11.4. The molecule has 0 aromatic heterocycles. The summed E-state index contributed by atoms with van der Waals surface area (Å²) >= 11 is 0. The molecule has 1 saturated carbocycles. The molecule has 1 fully saturated rings. The minimum Gasteiger partial charge on any atom is -0.481 e. The second kappa shape index (κ2) is 7.05. The molecule has 0 unspecified atom stereocenters. The highest BCUT2D eigenvalue weighted by Crippen LogP contribution is 2.26. The van der Waals surface area contributed by atoms with E-state index in [1.165, 1.54) is 0 Å². The Morgan fingerprint density at radius 1 is 1.25 bits per heavy atom. The summed E-state index contributed by atoms with van der Waals surface area (Å²) in [5.74, 6) is -0.869. The number of rotatable bonds is 8. The van der Waals surface area contributed by atoms with Gasteiger partial charge in [-0.1, -0.05) is 30.3 Å². The van der Waals surface area contributed by atoms with Gasteiger partial charge in [-0.3, -0.25) is 14.5 Å². The maximum atomic E-state index is 11.9. The van der Waals surface area contributed by atoms with E-state index in [1.807, 2.05) is 35.2 Å². The van der Waals surface area contributed by atoms with Gasteiger partial charge in [0.15, 0.2) is 0 Å². The van der Waals surface area contributed by atoms with E-state index >= 15 is 0 Å².